The Morgan fingerprint density at radius 3 is 2.36 bits per heavy atom. The van der Waals surface area contributed by atoms with Gasteiger partial charge in [0.2, 0.25) is 0 Å². The van der Waals surface area contributed by atoms with Crippen LogP contribution in [0, 0.1) is 23.5 Å². The number of rotatable bonds is 12. The van der Waals surface area contributed by atoms with Gasteiger partial charge >= 0.3 is 0 Å². The molecule has 33 heavy (non-hydrogen) atoms. The number of nitrogens with zero attached hydrogens (tertiary/aromatic N) is 5. The summed E-state index contributed by atoms with van der Waals surface area (Å²) in [6, 6.07) is 3.34. The van der Waals surface area contributed by atoms with Crippen LogP contribution in [0.2, 0.25) is 0 Å². The number of β-amino-alcohol motifs (C(OH)–C–C–N with tert-alkyl or cyclic N) is 1. The molecule has 1 aromatic carbocycles. The molecule has 0 radical (unpaired) electrons. The molecule has 8 heteroatoms. The van der Waals surface area contributed by atoms with Crippen LogP contribution >= 0.6 is 0 Å². The number of piperazine rings is 1. The van der Waals surface area contributed by atoms with Crippen LogP contribution in [0.5, 0.6) is 0 Å². The predicted octanol–water partition coefficient (Wildman–Crippen LogP) is 3.91. The van der Waals surface area contributed by atoms with Crippen molar-refractivity contribution in [3.63, 3.8) is 0 Å². The average Bonchev–Trinajstić information content (AvgIpc) is 3.25. The van der Waals surface area contributed by atoms with Gasteiger partial charge in [0.05, 0.1) is 6.54 Å². The van der Waals surface area contributed by atoms with Crippen LogP contribution in [0.25, 0.3) is 0 Å². The second kappa shape index (κ2) is 12.0. The first-order chi connectivity index (χ1) is 15.7. The number of hydrogen-bond donors (Lipinski definition) is 1. The van der Waals surface area contributed by atoms with E-state index in [0.29, 0.717) is 0 Å². The van der Waals surface area contributed by atoms with Crippen LogP contribution in [0.4, 0.5) is 8.78 Å². The Balaban J connectivity index is 1.54. The zero-order valence-corrected chi connectivity index (χ0v) is 20.3. The van der Waals surface area contributed by atoms with Crippen molar-refractivity contribution in [1.82, 2.24) is 24.6 Å². The summed E-state index contributed by atoms with van der Waals surface area (Å²) in [5.41, 5.74) is -1.46. The highest BCUT2D eigenvalue weighted by Crippen LogP contribution is 2.28. The van der Waals surface area contributed by atoms with Crippen molar-refractivity contribution in [2.45, 2.75) is 58.6 Å². The monoisotopic (exact) mass is 463 g/mol. The average molecular weight is 464 g/mol. The zero-order chi connectivity index (χ0) is 23.8. The number of hydrogen-bond acceptors (Lipinski definition) is 5. The molecule has 1 aromatic heterocycles. The number of aliphatic hydroxyl groups is 1. The molecule has 2 unspecified atom stereocenters. The highest BCUT2D eigenvalue weighted by molar-refractivity contribution is 5.25. The van der Waals surface area contributed by atoms with Gasteiger partial charge < -0.3 is 10.0 Å². The summed E-state index contributed by atoms with van der Waals surface area (Å²) in [7, 11) is 0. The molecule has 2 aromatic rings. The summed E-state index contributed by atoms with van der Waals surface area (Å²) in [4.78, 5) is 8.55. The Morgan fingerprint density at radius 1 is 1.00 bits per heavy atom. The van der Waals surface area contributed by atoms with Crippen LogP contribution < -0.4 is 0 Å². The molecule has 1 fully saturated rings. The second-order valence-electron chi connectivity index (χ2n) is 10.1. The van der Waals surface area contributed by atoms with E-state index in [2.05, 4.69) is 40.7 Å². The molecule has 1 aliphatic heterocycles. The Hall–Kier alpha value is -1.90. The van der Waals surface area contributed by atoms with Gasteiger partial charge in [0.15, 0.2) is 0 Å². The van der Waals surface area contributed by atoms with E-state index in [4.69, 9.17) is 0 Å². The van der Waals surface area contributed by atoms with E-state index >= 15 is 0 Å². The van der Waals surface area contributed by atoms with Crippen LogP contribution in [0.1, 0.15) is 52.0 Å². The second-order valence-corrected chi connectivity index (χ2v) is 10.1. The maximum Gasteiger partial charge on any atom is 0.137 e. The van der Waals surface area contributed by atoms with Crippen molar-refractivity contribution in [3.05, 3.63) is 48.1 Å². The lowest BCUT2D eigenvalue weighted by Crippen LogP contribution is -2.52. The lowest BCUT2D eigenvalue weighted by molar-refractivity contribution is -0.0320. The van der Waals surface area contributed by atoms with Crippen molar-refractivity contribution >= 4 is 0 Å². The summed E-state index contributed by atoms with van der Waals surface area (Å²) in [5.74, 6) is 0.0991. The van der Waals surface area contributed by atoms with Crippen LogP contribution in [-0.4, -0.2) is 68.9 Å². The van der Waals surface area contributed by atoms with E-state index in [1.165, 1.54) is 55.2 Å². The third-order valence-electron chi connectivity index (χ3n) is 6.69. The molecule has 0 aliphatic carbocycles. The van der Waals surface area contributed by atoms with Crippen molar-refractivity contribution in [1.29, 1.82) is 0 Å². The van der Waals surface area contributed by atoms with Crippen LogP contribution in [0.15, 0.2) is 30.9 Å². The van der Waals surface area contributed by atoms with Crippen molar-refractivity contribution < 1.29 is 13.9 Å². The van der Waals surface area contributed by atoms with Crippen LogP contribution in [-0.2, 0) is 12.1 Å². The highest BCUT2D eigenvalue weighted by Gasteiger charge is 2.36. The fourth-order valence-electron chi connectivity index (χ4n) is 4.63. The Morgan fingerprint density at radius 2 is 1.73 bits per heavy atom. The molecule has 1 aliphatic rings. The third-order valence-corrected chi connectivity index (χ3v) is 6.69. The van der Waals surface area contributed by atoms with Gasteiger partial charge in [0.1, 0.15) is 29.9 Å². The molecule has 0 spiro atoms. The van der Waals surface area contributed by atoms with Gasteiger partial charge in [-0.1, -0.05) is 46.1 Å². The SMILES string of the molecule is CC(C)CCCC(C)CCN1CCN(CC(O)(Cn2cncn2)c2ccc(F)cc2F)CC1. The van der Waals surface area contributed by atoms with E-state index in [9.17, 15) is 13.9 Å². The zero-order valence-electron chi connectivity index (χ0n) is 20.3. The molecular weight excluding hydrogens is 424 g/mol. The van der Waals surface area contributed by atoms with Gasteiger partial charge in [-0.05, 0) is 30.9 Å². The van der Waals surface area contributed by atoms with Gasteiger partial charge in [-0.15, -0.1) is 0 Å². The van der Waals surface area contributed by atoms with E-state index < -0.39 is 17.2 Å². The number of aromatic nitrogens is 3. The third kappa shape index (κ3) is 7.83. The number of benzene rings is 1. The molecule has 1 N–H and O–H groups in total. The Bertz CT molecular complexity index is 839. The first-order valence-electron chi connectivity index (χ1n) is 12.2. The quantitative estimate of drug-likeness (QED) is 0.517. The van der Waals surface area contributed by atoms with E-state index in [-0.39, 0.29) is 18.7 Å². The molecule has 0 amide bonds. The molecule has 0 bridgehead atoms. The van der Waals surface area contributed by atoms with Crippen molar-refractivity contribution in [2.24, 2.45) is 11.8 Å². The summed E-state index contributed by atoms with van der Waals surface area (Å²) in [6.07, 6.45) is 7.97. The minimum absolute atomic E-state index is 0.0453. The molecule has 0 saturated carbocycles. The first kappa shape index (κ1) is 25.7. The highest BCUT2D eigenvalue weighted by atomic mass is 19.1. The lowest BCUT2D eigenvalue weighted by atomic mass is 9.92. The van der Waals surface area contributed by atoms with Crippen molar-refractivity contribution in [3.8, 4) is 0 Å². The molecular formula is C25H39F2N5O. The smallest absolute Gasteiger partial charge is 0.137 e. The fraction of sp³-hybridized carbons (Fsp3) is 0.680. The molecule has 2 atom stereocenters. The maximum atomic E-state index is 14.6. The summed E-state index contributed by atoms with van der Waals surface area (Å²) in [6.45, 7) is 11.7. The van der Waals surface area contributed by atoms with Crippen LogP contribution in [0.3, 0.4) is 0 Å². The molecule has 6 nitrogen and oxygen atoms in total. The van der Waals surface area contributed by atoms with E-state index in [0.717, 1.165) is 50.6 Å². The van der Waals surface area contributed by atoms with E-state index in [1.807, 2.05) is 0 Å². The number of halogens is 2. The standard InChI is InChI=1S/C25H39F2N5O/c1-20(2)5-4-6-21(3)9-10-30-11-13-31(14-12-30)16-25(33,17-32-19-28-18-29-32)23-8-7-22(26)15-24(23)27/h7-8,15,18-21,33H,4-6,9-14,16-17H2,1-3H3. The predicted molar refractivity (Wildman–Crippen MR) is 126 cm³/mol. The summed E-state index contributed by atoms with van der Waals surface area (Å²) < 4.78 is 29.6. The van der Waals surface area contributed by atoms with Gasteiger partial charge in [0, 0.05) is 44.4 Å². The Kier molecular flexibility index (Phi) is 9.35. The van der Waals surface area contributed by atoms with Crippen molar-refractivity contribution in [2.75, 3.05) is 39.3 Å². The lowest BCUT2D eigenvalue weighted by Gasteiger charge is -2.40. The van der Waals surface area contributed by atoms with Gasteiger partial charge in [-0.2, -0.15) is 5.10 Å². The molecule has 184 valence electrons. The summed E-state index contributed by atoms with van der Waals surface area (Å²) >= 11 is 0. The van der Waals surface area contributed by atoms with Gasteiger partial charge in [-0.25, -0.2) is 18.4 Å². The normalized spacial score (nSPS) is 18.5. The maximum absolute atomic E-state index is 14.6. The Labute approximate surface area is 196 Å². The topological polar surface area (TPSA) is 57.4 Å². The summed E-state index contributed by atoms with van der Waals surface area (Å²) in [5, 5.41) is 15.6. The fourth-order valence-corrected chi connectivity index (χ4v) is 4.63. The minimum atomic E-state index is -1.54. The largest absolute Gasteiger partial charge is 0.382 e. The molecule has 1 saturated heterocycles. The first-order valence-corrected chi connectivity index (χ1v) is 12.2. The van der Waals surface area contributed by atoms with Gasteiger partial charge in [0.25, 0.3) is 0 Å². The van der Waals surface area contributed by atoms with E-state index in [1.54, 1.807) is 0 Å². The minimum Gasteiger partial charge on any atom is -0.382 e. The van der Waals surface area contributed by atoms with Gasteiger partial charge in [-0.3, -0.25) is 4.90 Å². The molecule has 2 heterocycles. The molecule has 3 rings (SSSR count).